The average Bonchev–Trinajstić information content (AvgIpc) is 2.34. The Morgan fingerprint density at radius 3 is 2.00 bits per heavy atom. The van der Waals surface area contributed by atoms with Gasteiger partial charge in [0.15, 0.2) is 11.5 Å². The third-order valence-corrected chi connectivity index (χ3v) is 2.66. The molecular weight excluding hydrogens is 218 g/mol. The second-order valence-electron chi connectivity index (χ2n) is 4.03. The van der Waals surface area contributed by atoms with E-state index in [4.69, 9.17) is 19.9 Å². The monoisotopic (exact) mass is 239 g/mol. The minimum absolute atomic E-state index is 0.174. The molecule has 0 amide bonds. The van der Waals surface area contributed by atoms with Crippen molar-refractivity contribution in [3.63, 3.8) is 0 Å². The maximum absolute atomic E-state index is 5.76. The summed E-state index contributed by atoms with van der Waals surface area (Å²) in [7, 11) is 4.88. The number of benzene rings is 1. The molecule has 4 heteroatoms. The summed E-state index contributed by atoms with van der Waals surface area (Å²) in [6.07, 6.45) is 1.77. The van der Waals surface area contributed by atoms with E-state index in [0.717, 1.165) is 24.2 Å². The lowest BCUT2D eigenvalue weighted by Gasteiger charge is -2.14. The molecule has 0 aliphatic rings. The Labute approximate surface area is 103 Å². The summed E-state index contributed by atoms with van der Waals surface area (Å²) in [5.74, 6) is 2.20. The maximum Gasteiger partial charge on any atom is 0.164 e. The van der Waals surface area contributed by atoms with E-state index in [2.05, 4.69) is 0 Å². The van der Waals surface area contributed by atoms with Crippen LogP contribution >= 0.6 is 0 Å². The molecule has 1 rings (SSSR count). The average molecular weight is 239 g/mol. The van der Waals surface area contributed by atoms with E-state index in [1.54, 1.807) is 21.3 Å². The predicted molar refractivity (Wildman–Crippen MR) is 68.1 cm³/mol. The third kappa shape index (κ3) is 3.53. The molecule has 0 radical (unpaired) electrons. The van der Waals surface area contributed by atoms with Crippen molar-refractivity contribution in [2.75, 3.05) is 21.3 Å². The van der Waals surface area contributed by atoms with Crippen LogP contribution in [0.15, 0.2) is 12.1 Å². The second-order valence-corrected chi connectivity index (χ2v) is 4.03. The van der Waals surface area contributed by atoms with E-state index in [9.17, 15) is 0 Å². The molecule has 1 atom stereocenters. The van der Waals surface area contributed by atoms with Gasteiger partial charge in [0.1, 0.15) is 5.75 Å². The van der Waals surface area contributed by atoms with Crippen molar-refractivity contribution in [2.24, 2.45) is 5.73 Å². The zero-order valence-corrected chi connectivity index (χ0v) is 10.9. The largest absolute Gasteiger partial charge is 0.496 e. The Kier molecular flexibility index (Phi) is 5.10. The third-order valence-electron chi connectivity index (χ3n) is 2.66. The van der Waals surface area contributed by atoms with Gasteiger partial charge in [-0.05, 0) is 31.4 Å². The first-order valence-electron chi connectivity index (χ1n) is 5.66. The van der Waals surface area contributed by atoms with Gasteiger partial charge in [-0.1, -0.05) is 0 Å². The van der Waals surface area contributed by atoms with Crippen LogP contribution in [0.4, 0.5) is 0 Å². The van der Waals surface area contributed by atoms with Gasteiger partial charge in [-0.15, -0.1) is 0 Å². The van der Waals surface area contributed by atoms with Gasteiger partial charge in [0.2, 0.25) is 0 Å². The first kappa shape index (κ1) is 13.6. The molecule has 0 spiro atoms. The molecule has 1 aromatic rings. The lowest BCUT2D eigenvalue weighted by molar-refractivity contribution is 0.347. The highest BCUT2D eigenvalue weighted by Crippen LogP contribution is 2.35. The van der Waals surface area contributed by atoms with Crippen molar-refractivity contribution in [3.05, 3.63) is 17.7 Å². The van der Waals surface area contributed by atoms with E-state index in [1.165, 1.54) is 0 Å². The Hall–Kier alpha value is -1.42. The van der Waals surface area contributed by atoms with Crippen molar-refractivity contribution < 1.29 is 14.2 Å². The van der Waals surface area contributed by atoms with Crippen LogP contribution in [0.1, 0.15) is 18.9 Å². The fourth-order valence-electron chi connectivity index (χ4n) is 1.67. The molecule has 0 bridgehead atoms. The van der Waals surface area contributed by atoms with E-state index >= 15 is 0 Å². The van der Waals surface area contributed by atoms with Crippen LogP contribution < -0.4 is 19.9 Å². The van der Waals surface area contributed by atoms with Crippen molar-refractivity contribution in [2.45, 2.75) is 25.8 Å². The first-order valence-corrected chi connectivity index (χ1v) is 5.66. The number of methoxy groups -OCH3 is 3. The molecule has 17 heavy (non-hydrogen) atoms. The highest BCUT2D eigenvalue weighted by atomic mass is 16.5. The SMILES string of the molecule is COc1cc(OC)c(OC)cc1CCC(C)N. The molecule has 96 valence electrons. The predicted octanol–water partition coefficient (Wildman–Crippen LogP) is 1.99. The summed E-state index contributed by atoms with van der Waals surface area (Å²) in [6.45, 7) is 1.99. The van der Waals surface area contributed by atoms with Crippen molar-refractivity contribution >= 4 is 0 Å². The van der Waals surface area contributed by atoms with Gasteiger partial charge in [0.25, 0.3) is 0 Å². The minimum Gasteiger partial charge on any atom is -0.496 e. The Morgan fingerprint density at radius 1 is 1.00 bits per heavy atom. The van der Waals surface area contributed by atoms with E-state index in [-0.39, 0.29) is 6.04 Å². The van der Waals surface area contributed by atoms with Gasteiger partial charge in [-0.3, -0.25) is 0 Å². The van der Waals surface area contributed by atoms with Crippen LogP contribution in [0, 0.1) is 0 Å². The van der Waals surface area contributed by atoms with Gasteiger partial charge >= 0.3 is 0 Å². The molecular formula is C13H21NO3. The van der Waals surface area contributed by atoms with E-state index in [0.29, 0.717) is 11.5 Å². The summed E-state index contributed by atoms with van der Waals surface area (Å²) < 4.78 is 15.8. The molecule has 0 heterocycles. The molecule has 0 fully saturated rings. The highest BCUT2D eigenvalue weighted by molar-refractivity contribution is 5.50. The van der Waals surface area contributed by atoms with Crippen LogP contribution in [0.3, 0.4) is 0 Å². The fraction of sp³-hybridized carbons (Fsp3) is 0.538. The van der Waals surface area contributed by atoms with Crippen molar-refractivity contribution in [1.82, 2.24) is 0 Å². The number of aryl methyl sites for hydroxylation is 1. The zero-order chi connectivity index (χ0) is 12.8. The van der Waals surface area contributed by atoms with Gasteiger partial charge in [0.05, 0.1) is 21.3 Å². The molecule has 0 aliphatic carbocycles. The van der Waals surface area contributed by atoms with Crippen molar-refractivity contribution in [3.8, 4) is 17.2 Å². The summed E-state index contributed by atoms with van der Waals surface area (Å²) >= 11 is 0. The molecule has 4 nitrogen and oxygen atoms in total. The highest BCUT2D eigenvalue weighted by Gasteiger charge is 2.11. The lowest BCUT2D eigenvalue weighted by atomic mass is 10.0. The number of hydrogen-bond donors (Lipinski definition) is 1. The van der Waals surface area contributed by atoms with Gasteiger partial charge in [-0.25, -0.2) is 0 Å². The quantitative estimate of drug-likeness (QED) is 0.825. The Balaban J connectivity index is 3.01. The molecule has 1 unspecified atom stereocenters. The lowest BCUT2D eigenvalue weighted by Crippen LogP contribution is -2.15. The van der Waals surface area contributed by atoms with Crippen LogP contribution in [-0.4, -0.2) is 27.4 Å². The van der Waals surface area contributed by atoms with E-state index < -0.39 is 0 Å². The molecule has 0 saturated heterocycles. The first-order chi connectivity index (χ1) is 8.12. The number of rotatable bonds is 6. The number of ether oxygens (including phenoxy) is 3. The molecule has 0 saturated carbocycles. The normalized spacial score (nSPS) is 12.1. The summed E-state index contributed by atoms with van der Waals surface area (Å²) in [5, 5.41) is 0. The summed E-state index contributed by atoms with van der Waals surface area (Å²) in [5.41, 5.74) is 6.85. The van der Waals surface area contributed by atoms with Crippen LogP contribution in [0.25, 0.3) is 0 Å². The van der Waals surface area contributed by atoms with Gasteiger partial charge < -0.3 is 19.9 Å². The second kappa shape index (κ2) is 6.35. The molecule has 0 aromatic heterocycles. The summed E-state index contributed by atoms with van der Waals surface area (Å²) in [6, 6.07) is 3.96. The number of hydrogen-bond acceptors (Lipinski definition) is 4. The Morgan fingerprint density at radius 2 is 1.53 bits per heavy atom. The zero-order valence-electron chi connectivity index (χ0n) is 10.9. The topological polar surface area (TPSA) is 53.7 Å². The smallest absolute Gasteiger partial charge is 0.164 e. The van der Waals surface area contributed by atoms with Gasteiger partial charge in [0, 0.05) is 12.1 Å². The van der Waals surface area contributed by atoms with Crippen LogP contribution in [-0.2, 0) is 6.42 Å². The molecule has 2 N–H and O–H groups in total. The number of nitrogens with two attached hydrogens (primary N) is 1. The Bertz CT molecular complexity index is 364. The maximum atomic E-state index is 5.76. The van der Waals surface area contributed by atoms with Crippen molar-refractivity contribution in [1.29, 1.82) is 0 Å². The standard InChI is InChI=1S/C13H21NO3/c1-9(14)5-6-10-7-12(16-3)13(17-4)8-11(10)15-2/h7-9H,5-6,14H2,1-4H3. The molecule has 1 aromatic carbocycles. The van der Waals surface area contributed by atoms with Gasteiger partial charge in [-0.2, -0.15) is 0 Å². The molecule has 0 aliphatic heterocycles. The fourth-order valence-corrected chi connectivity index (χ4v) is 1.67. The minimum atomic E-state index is 0.174. The van der Waals surface area contributed by atoms with Crippen LogP contribution in [0.2, 0.25) is 0 Å². The summed E-state index contributed by atoms with van der Waals surface area (Å²) in [4.78, 5) is 0. The van der Waals surface area contributed by atoms with Crippen LogP contribution in [0.5, 0.6) is 17.2 Å². The van der Waals surface area contributed by atoms with E-state index in [1.807, 2.05) is 19.1 Å².